The van der Waals surface area contributed by atoms with Gasteiger partial charge in [-0.15, -0.1) is 0 Å². The van der Waals surface area contributed by atoms with Gasteiger partial charge in [0.25, 0.3) is 11.6 Å². The van der Waals surface area contributed by atoms with Crippen molar-refractivity contribution in [1.29, 1.82) is 0 Å². The van der Waals surface area contributed by atoms with Crippen LogP contribution in [0.15, 0.2) is 30.3 Å². The van der Waals surface area contributed by atoms with Gasteiger partial charge in [-0.05, 0) is 38.0 Å². The van der Waals surface area contributed by atoms with Crippen LogP contribution in [0.1, 0.15) is 40.5 Å². The quantitative estimate of drug-likeness (QED) is 0.574. The van der Waals surface area contributed by atoms with Crippen LogP contribution in [0.3, 0.4) is 0 Å². The Morgan fingerprint density at radius 3 is 2.62 bits per heavy atom. The summed E-state index contributed by atoms with van der Waals surface area (Å²) in [5, 5.41) is 18.7. The third-order valence-electron chi connectivity index (χ3n) is 4.56. The highest BCUT2D eigenvalue weighted by Crippen LogP contribution is 2.40. The molecule has 8 heteroatoms. The molecule has 1 saturated carbocycles. The number of aryl methyl sites for hydroxylation is 2. The van der Waals surface area contributed by atoms with E-state index < -0.39 is 4.92 Å². The van der Waals surface area contributed by atoms with E-state index in [2.05, 4.69) is 15.4 Å². The van der Waals surface area contributed by atoms with Crippen LogP contribution in [-0.4, -0.2) is 25.6 Å². The van der Waals surface area contributed by atoms with Crippen molar-refractivity contribution in [3.8, 4) is 0 Å². The average Bonchev–Trinajstić information content (AvgIpc) is 3.42. The molecule has 1 aliphatic rings. The minimum Gasteiger partial charge on any atom is -0.322 e. The van der Waals surface area contributed by atoms with Gasteiger partial charge in [-0.1, -0.05) is 0 Å². The molecular weight excluding hydrogens is 334 g/mol. The number of rotatable bonds is 4. The maximum Gasteiger partial charge on any atom is 0.269 e. The van der Waals surface area contributed by atoms with Gasteiger partial charge in [0, 0.05) is 36.5 Å². The van der Waals surface area contributed by atoms with Gasteiger partial charge >= 0.3 is 0 Å². The van der Waals surface area contributed by atoms with Crippen LogP contribution in [0.4, 0.5) is 11.4 Å². The molecule has 3 aromatic rings. The number of carbonyl (C=O) groups excluding carboxylic acids is 1. The van der Waals surface area contributed by atoms with Crippen molar-refractivity contribution in [2.24, 2.45) is 7.05 Å². The molecular formula is C18H17N5O3. The van der Waals surface area contributed by atoms with Crippen LogP contribution in [0.5, 0.6) is 0 Å². The molecule has 4 rings (SSSR count). The first-order chi connectivity index (χ1) is 12.4. The number of fused-ring (bicyclic) bond motifs is 1. The second kappa shape index (κ2) is 5.91. The SMILES string of the molecule is Cc1nn(C)c2nc(C3CC3)cc(C(=O)Nc3ccc([N+](=O)[O-])cc3)c12. The lowest BCUT2D eigenvalue weighted by molar-refractivity contribution is -0.384. The van der Waals surface area contributed by atoms with Gasteiger partial charge in [-0.25, -0.2) is 4.98 Å². The Labute approximate surface area is 149 Å². The summed E-state index contributed by atoms with van der Waals surface area (Å²) in [7, 11) is 1.82. The van der Waals surface area contributed by atoms with Crippen molar-refractivity contribution in [3.05, 3.63) is 57.4 Å². The number of aromatic nitrogens is 3. The largest absolute Gasteiger partial charge is 0.322 e. The van der Waals surface area contributed by atoms with Gasteiger partial charge in [0.15, 0.2) is 5.65 Å². The molecule has 0 spiro atoms. The van der Waals surface area contributed by atoms with Crippen LogP contribution in [0.25, 0.3) is 11.0 Å². The minimum absolute atomic E-state index is 0.0200. The molecule has 8 nitrogen and oxygen atoms in total. The van der Waals surface area contributed by atoms with Crippen LogP contribution in [0, 0.1) is 17.0 Å². The summed E-state index contributed by atoms with van der Waals surface area (Å²) in [5.74, 6) is 0.129. The highest BCUT2D eigenvalue weighted by Gasteiger charge is 2.28. The smallest absolute Gasteiger partial charge is 0.269 e. The van der Waals surface area contributed by atoms with Gasteiger partial charge in [-0.2, -0.15) is 5.10 Å². The molecule has 0 atom stereocenters. The number of hydrogen-bond donors (Lipinski definition) is 1. The molecule has 1 aromatic carbocycles. The first kappa shape index (κ1) is 16.2. The minimum atomic E-state index is -0.473. The number of nitrogens with one attached hydrogen (secondary N) is 1. The molecule has 26 heavy (non-hydrogen) atoms. The number of carbonyl (C=O) groups is 1. The zero-order valence-electron chi connectivity index (χ0n) is 14.4. The van der Waals surface area contributed by atoms with E-state index in [0.29, 0.717) is 22.8 Å². The monoisotopic (exact) mass is 351 g/mol. The van der Waals surface area contributed by atoms with Crippen molar-refractivity contribution in [3.63, 3.8) is 0 Å². The van der Waals surface area contributed by atoms with E-state index in [1.165, 1.54) is 24.3 Å². The van der Waals surface area contributed by atoms with E-state index in [1.807, 2.05) is 20.0 Å². The molecule has 1 amide bonds. The number of non-ortho nitro benzene ring substituents is 1. The van der Waals surface area contributed by atoms with Crippen molar-refractivity contribution in [2.75, 3.05) is 5.32 Å². The molecule has 0 radical (unpaired) electrons. The van der Waals surface area contributed by atoms with Crippen molar-refractivity contribution in [1.82, 2.24) is 14.8 Å². The van der Waals surface area contributed by atoms with Gasteiger partial charge in [0.1, 0.15) is 0 Å². The molecule has 0 unspecified atom stereocenters. The Morgan fingerprint density at radius 1 is 1.31 bits per heavy atom. The second-order valence-corrected chi connectivity index (χ2v) is 6.53. The maximum atomic E-state index is 12.9. The van der Waals surface area contributed by atoms with Crippen molar-refractivity contribution < 1.29 is 9.72 Å². The molecule has 0 saturated heterocycles. The van der Waals surface area contributed by atoms with E-state index >= 15 is 0 Å². The summed E-state index contributed by atoms with van der Waals surface area (Å²) in [6, 6.07) is 7.61. The number of amides is 1. The Kier molecular flexibility index (Phi) is 3.68. The van der Waals surface area contributed by atoms with E-state index in [-0.39, 0.29) is 11.6 Å². The predicted octanol–water partition coefficient (Wildman–Crippen LogP) is 3.31. The number of benzene rings is 1. The van der Waals surface area contributed by atoms with Crippen LogP contribution in [0.2, 0.25) is 0 Å². The molecule has 132 valence electrons. The fourth-order valence-corrected chi connectivity index (χ4v) is 3.10. The summed E-state index contributed by atoms with van der Waals surface area (Å²) in [6.45, 7) is 1.85. The highest BCUT2D eigenvalue weighted by molar-refractivity contribution is 6.12. The lowest BCUT2D eigenvalue weighted by atomic mass is 10.1. The Balaban J connectivity index is 1.72. The second-order valence-electron chi connectivity index (χ2n) is 6.53. The van der Waals surface area contributed by atoms with Gasteiger partial charge in [0.05, 0.1) is 21.6 Å². The van der Waals surface area contributed by atoms with Crippen LogP contribution in [-0.2, 0) is 7.05 Å². The Hall–Kier alpha value is -3.29. The number of pyridine rings is 1. The first-order valence-electron chi connectivity index (χ1n) is 8.34. The maximum absolute atomic E-state index is 12.9. The number of nitro groups is 1. The number of nitrogens with zero attached hydrogens (tertiary/aromatic N) is 4. The summed E-state index contributed by atoms with van der Waals surface area (Å²) in [4.78, 5) is 27.9. The van der Waals surface area contributed by atoms with Gasteiger partial charge < -0.3 is 5.32 Å². The zero-order valence-corrected chi connectivity index (χ0v) is 14.4. The lowest BCUT2D eigenvalue weighted by Crippen LogP contribution is -2.13. The lowest BCUT2D eigenvalue weighted by Gasteiger charge is -2.09. The summed E-state index contributed by atoms with van der Waals surface area (Å²) in [6.07, 6.45) is 2.16. The standard InChI is InChI=1S/C18H17N5O3/c1-10-16-14(9-15(11-3-4-11)20-17(16)22(2)21-10)18(24)19-12-5-7-13(8-6-12)23(25)26/h5-9,11H,3-4H2,1-2H3,(H,19,24). The van der Waals surface area contributed by atoms with E-state index in [1.54, 1.807) is 4.68 Å². The normalized spacial score (nSPS) is 13.8. The molecule has 2 heterocycles. The number of anilines is 1. The first-order valence-corrected chi connectivity index (χ1v) is 8.34. The molecule has 0 aliphatic heterocycles. The van der Waals surface area contributed by atoms with Crippen molar-refractivity contribution in [2.45, 2.75) is 25.7 Å². The predicted molar refractivity (Wildman–Crippen MR) is 96.3 cm³/mol. The summed E-state index contributed by atoms with van der Waals surface area (Å²) < 4.78 is 1.69. The fraction of sp³-hybridized carbons (Fsp3) is 0.278. The van der Waals surface area contributed by atoms with Crippen LogP contribution >= 0.6 is 0 Å². The molecule has 1 fully saturated rings. The average molecular weight is 351 g/mol. The molecule has 1 N–H and O–H groups in total. The third kappa shape index (κ3) is 2.79. The van der Waals surface area contributed by atoms with Gasteiger partial charge in [0.2, 0.25) is 0 Å². The highest BCUT2D eigenvalue weighted by atomic mass is 16.6. The topological polar surface area (TPSA) is 103 Å². The molecule has 2 aromatic heterocycles. The third-order valence-corrected chi connectivity index (χ3v) is 4.56. The van der Waals surface area contributed by atoms with Gasteiger partial charge in [-0.3, -0.25) is 19.6 Å². The van der Waals surface area contributed by atoms with Crippen LogP contribution < -0.4 is 5.32 Å². The summed E-state index contributed by atoms with van der Waals surface area (Å²) >= 11 is 0. The molecule has 0 bridgehead atoms. The zero-order chi connectivity index (χ0) is 18.4. The summed E-state index contributed by atoms with van der Waals surface area (Å²) in [5.41, 5.74) is 3.36. The number of nitro benzene ring substituents is 1. The van der Waals surface area contributed by atoms with E-state index in [9.17, 15) is 14.9 Å². The fourth-order valence-electron chi connectivity index (χ4n) is 3.10. The van der Waals surface area contributed by atoms with E-state index in [0.717, 1.165) is 29.6 Å². The van der Waals surface area contributed by atoms with E-state index in [4.69, 9.17) is 0 Å². The Bertz CT molecular complexity index is 1040. The Morgan fingerprint density at radius 2 is 2.00 bits per heavy atom. The van der Waals surface area contributed by atoms with Crippen molar-refractivity contribution >= 4 is 28.3 Å². The number of hydrogen-bond acceptors (Lipinski definition) is 5. The molecule has 1 aliphatic carbocycles.